The van der Waals surface area contributed by atoms with Crippen molar-refractivity contribution in [1.29, 1.82) is 0 Å². The van der Waals surface area contributed by atoms with Gasteiger partial charge in [-0.3, -0.25) is 9.69 Å². The molecule has 1 rings (SSSR count). The standard InChI is InChI=1S/C14H29N3O/c1-12(8-9-15)16(3)13(2)14(18)17-10-6-4-5-7-11-17/h12-13H,4-11,15H2,1-3H3. The first-order valence-corrected chi connectivity index (χ1v) is 7.28. The largest absolute Gasteiger partial charge is 0.341 e. The number of nitrogens with two attached hydrogens (primary N) is 1. The maximum Gasteiger partial charge on any atom is 0.239 e. The molecule has 4 heteroatoms. The third kappa shape index (κ3) is 4.25. The van der Waals surface area contributed by atoms with Crippen LogP contribution in [0.4, 0.5) is 0 Å². The number of rotatable bonds is 5. The number of hydrogen-bond acceptors (Lipinski definition) is 3. The molecule has 0 aliphatic carbocycles. The highest BCUT2D eigenvalue weighted by Crippen LogP contribution is 2.14. The first-order chi connectivity index (χ1) is 8.57. The van der Waals surface area contributed by atoms with Crippen LogP contribution in [0.2, 0.25) is 0 Å². The molecule has 1 amide bonds. The van der Waals surface area contributed by atoms with E-state index in [2.05, 4.69) is 11.8 Å². The minimum atomic E-state index is -0.0374. The SMILES string of the molecule is CC(CCN)N(C)C(C)C(=O)N1CCCCCC1. The predicted molar refractivity (Wildman–Crippen MR) is 75.4 cm³/mol. The van der Waals surface area contributed by atoms with E-state index in [1.165, 1.54) is 12.8 Å². The fraction of sp³-hybridized carbons (Fsp3) is 0.929. The van der Waals surface area contributed by atoms with E-state index >= 15 is 0 Å². The number of likely N-dealkylation sites (tertiary alicyclic amines) is 1. The summed E-state index contributed by atoms with van der Waals surface area (Å²) in [6, 6.07) is 0.325. The fourth-order valence-corrected chi connectivity index (χ4v) is 2.56. The Bertz CT molecular complexity index is 249. The molecule has 2 atom stereocenters. The van der Waals surface area contributed by atoms with Gasteiger partial charge in [0.05, 0.1) is 6.04 Å². The first kappa shape index (κ1) is 15.4. The van der Waals surface area contributed by atoms with Crippen LogP contribution in [-0.4, -0.2) is 54.5 Å². The summed E-state index contributed by atoms with van der Waals surface area (Å²) in [5.41, 5.74) is 5.58. The summed E-state index contributed by atoms with van der Waals surface area (Å²) in [7, 11) is 2.03. The highest BCUT2D eigenvalue weighted by molar-refractivity contribution is 5.81. The van der Waals surface area contributed by atoms with Crippen molar-refractivity contribution in [3.05, 3.63) is 0 Å². The van der Waals surface area contributed by atoms with Gasteiger partial charge >= 0.3 is 0 Å². The monoisotopic (exact) mass is 255 g/mol. The Balaban J connectivity index is 2.53. The molecule has 1 aliphatic heterocycles. The van der Waals surface area contributed by atoms with Crippen molar-refractivity contribution in [3.8, 4) is 0 Å². The van der Waals surface area contributed by atoms with Crippen molar-refractivity contribution in [2.45, 2.75) is 58.0 Å². The third-order valence-corrected chi connectivity index (χ3v) is 4.17. The zero-order valence-electron chi connectivity index (χ0n) is 12.2. The van der Waals surface area contributed by atoms with Crippen molar-refractivity contribution in [1.82, 2.24) is 9.80 Å². The lowest BCUT2D eigenvalue weighted by Gasteiger charge is -2.33. The second-order valence-corrected chi connectivity index (χ2v) is 5.51. The van der Waals surface area contributed by atoms with Crippen LogP contribution in [0.3, 0.4) is 0 Å². The zero-order chi connectivity index (χ0) is 13.5. The maximum atomic E-state index is 12.5. The van der Waals surface area contributed by atoms with Crippen LogP contribution in [0.5, 0.6) is 0 Å². The van der Waals surface area contributed by atoms with E-state index in [4.69, 9.17) is 5.73 Å². The molecule has 2 N–H and O–H groups in total. The van der Waals surface area contributed by atoms with Gasteiger partial charge in [-0.1, -0.05) is 12.8 Å². The van der Waals surface area contributed by atoms with Crippen molar-refractivity contribution in [2.24, 2.45) is 5.73 Å². The fourth-order valence-electron chi connectivity index (χ4n) is 2.56. The number of amides is 1. The second-order valence-electron chi connectivity index (χ2n) is 5.51. The van der Waals surface area contributed by atoms with Crippen LogP contribution in [0.15, 0.2) is 0 Å². The van der Waals surface area contributed by atoms with Gasteiger partial charge in [0.1, 0.15) is 0 Å². The van der Waals surface area contributed by atoms with Crippen LogP contribution in [-0.2, 0) is 4.79 Å². The van der Waals surface area contributed by atoms with Gasteiger partial charge in [0.25, 0.3) is 0 Å². The normalized spacial score (nSPS) is 20.6. The Kier molecular flexibility index (Phi) is 6.65. The Morgan fingerprint density at radius 1 is 1.22 bits per heavy atom. The van der Waals surface area contributed by atoms with E-state index in [9.17, 15) is 4.79 Å². The van der Waals surface area contributed by atoms with Crippen LogP contribution in [0.1, 0.15) is 46.0 Å². The van der Waals surface area contributed by atoms with Crippen LogP contribution < -0.4 is 5.73 Å². The molecule has 1 fully saturated rings. The van der Waals surface area contributed by atoms with Crippen LogP contribution in [0, 0.1) is 0 Å². The average molecular weight is 255 g/mol. The van der Waals surface area contributed by atoms with E-state index in [0.717, 1.165) is 32.4 Å². The smallest absolute Gasteiger partial charge is 0.239 e. The number of nitrogens with zero attached hydrogens (tertiary/aromatic N) is 2. The lowest BCUT2D eigenvalue weighted by atomic mass is 10.1. The highest BCUT2D eigenvalue weighted by atomic mass is 16.2. The van der Waals surface area contributed by atoms with Gasteiger partial charge in [-0.15, -0.1) is 0 Å². The molecule has 1 saturated heterocycles. The lowest BCUT2D eigenvalue weighted by molar-refractivity contribution is -0.136. The van der Waals surface area contributed by atoms with E-state index in [1.54, 1.807) is 0 Å². The number of carbonyl (C=O) groups is 1. The molecule has 4 nitrogen and oxygen atoms in total. The number of hydrogen-bond donors (Lipinski definition) is 1. The minimum Gasteiger partial charge on any atom is -0.341 e. The summed E-state index contributed by atoms with van der Waals surface area (Å²) in [6.07, 6.45) is 5.77. The summed E-state index contributed by atoms with van der Waals surface area (Å²) >= 11 is 0. The molecule has 0 spiro atoms. The molecule has 0 radical (unpaired) electrons. The van der Waals surface area contributed by atoms with Crippen molar-refractivity contribution in [3.63, 3.8) is 0 Å². The summed E-state index contributed by atoms with van der Waals surface area (Å²) in [4.78, 5) is 16.7. The molecule has 0 aromatic heterocycles. The van der Waals surface area contributed by atoms with Gasteiger partial charge in [-0.25, -0.2) is 0 Å². The van der Waals surface area contributed by atoms with Gasteiger partial charge in [-0.05, 0) is 46.7 Å². The Morgan fingerprint density at radius 2 is 1.78 bits per heavy atom. The molecule has 106 valence electrons. The van der Waals surface area contributed by atoms with Gasteiger partial charge in [0.15, 0.2) is 0 Å². The van der Waals surface area contributed by atoms with Gasteiger partial charge in [0.2, 0.25) is 5.91 Å². The number of carbonyl (C=O) groups excluding carboxylic acids is 1. The summed E-state index contributed by atoms with van der Waals surface area (Å²) in [5, 5.41) is 0. The van der Waals surface area contributed by atoms with Crippen molar-refractivity contribution < 1.29 is 4.79 Å². The molecule has 2 unspecified atom stereocenters. The van der Waals surface area contributed by atoms with E-state index in [1.807, 2.05) is 18.9 Å². The Labute approximate surface area is 111 Å². The molecular weight excluding hydrogens is 226 g/mol. The predicted octanol–water partition coefficient (Wildman–Crippen LogP) is 1.45. The molecule has 1 aliphatic rings. The second kappa shape index (κ2) is 7.74. The van der Waals surface area contributed by atoms with Crippen LogP contribution in [0.25, 0.3) is 0 Å². The maximum absolute atomic E-state index is 12.5. The quantitative estimate of drug-likeness (QED) is 0.809. The van der Waals surface area contributed by atoms with E-state index in [0.29, 0.717) is 12.6 Å². The van der Waals surface area contributed by atoms with Gasteiger partial charge < -0.3 is 10.6 Å². The van der Waals surface area contributed by atoms with Gasteiger partial charge in [-0.2, -0.15) is 0 Å². The summed E-state index contributed by atoms with van der Waals surface area (Å²) < 4.78 is 0. The summed E-state index contributed by atoms with van der Waals surface area (Å²) in [6.45, 7) is 6.69. The molecule has 1 heterocycles. The lowest BCUT2D eigenvalue weighted by Crippen LogP contribution is -2.49. The topological polar surface area (TPSA) is 49.6 Å². The average Bonchev–Trinajstić information content (AvgIpc) is 2.65. The number of likely N-dealkylation sites (N-methyl/N-ethyl adjacent to an activating group) is 1. The third-order valence-electron chi connectivity index (χ3n) is 4.17. The molecule has 0 saturated carbocycles. The minimum absolute atomic E-state index is 0.0374. The van der Waals surface area contributed by atoms with E-state index < -0.39 is 0 Å². The van der Waals surface area contributed by atoms with Crippen molar-refractivity contribution >= 4 is 5.91 Å². The highest BCUT2D eigenvalue weighted by Gasteiger charge is 2.26. The zero-order valence-corrected chi connectivity index (χ0v) is 12.2. The summed E-state index contributed by atoms with van der Waals surface area (Å²) in [5.74, 6) is 0.281. The van der Waals surface area contributed by atoms with E-state index in [-0.39, 0.29) is 11.9 Å². The Hall–Kier alpha value is -0.610. The molecule has 0 aromatic carbocycles. The van der Waals surface area contributed by atoms with Gasteiger partial charge in [0, 0.05) is 19.1 Å². The molecule has 0 aromatic rings. The molecular formula is C14H29N3O. The Morgan fingerprint density at radius 3 is 2.28 bits per heavy atom. The molecule has 0 bridgehead atoms. The first-order valence-electron chi connectivity index (χ1n) is 7.28. The van der Waals surface area contributed by atoms with Crippen LogP contribution >= 0.6 is 0 Å². The van der Waals surface area contributed by atoms with Crippen molar-refractivity contribution in [2.75, 3.05) is 26.7 Å². The molecule has 18 heavy (non-hydrogen) atoms.